The van der Waals surface area contributed by atoms with Crippen molar-refractivity contribution in [3.8, 4) is 5.75 Å². The number of benzene rings is 1. The van der Waals surface area contributed by atoms with E-state index in [1.54, 1.807) is 7.11 Å². The van der Waals surface area contributed by atoms with Gasteiger partial charge in [0.05, 0.1) is 25.9 Å². The minimum atomic E-state index is -1.79. The molecule has 1 aromatic carbocycles. The smallest absolute Gasteiger partial charge is 0.192 e. The molecule has 176 valence electrons. The zero-order valence-corrected chi connectivity index (χ0v) is 21.4. The van der Waals surface area contributed by atoms with Gasteiger partial charge in [-0.15, -0.1) is 0 Å². The van der Waals surface area contributed by atoms with Crippen molar-refractivity contribution >= 4 is 8.32 Å². The molecule has 0 heterocycles. The third-order valence-electron chi connectivity index (χ3n) is 6.53. The molecule has 5 nitrogen and oxygen atoms in total. The van der Waals surface area contributed by atoms with Gasteiger partial charge in [-0.25, -0.2) is 0 Å². The van der Waals surface area contributed by atoms with Crippen molar-refractivity contribution in [2.45, 2.75) is 96.4 Å². The van der Waals surface area contributed by atoms with E-state index in [1.165, 1.54) is 0 Å². The molecule has 31 heavy (non-hydrogen) atoms. The molecule has 0 amide bonds. The maximum Gasteiger partial charge on any atom is 0.192 e. The molecule has 0 saturated heterocycles. The summed E-state index contributed by atoms with van der Waals surface area (Å²) in [4.78, 5) is 0. The molecule has 0 spiro atoms. The largest absolute Gasteiger partial charge is 0.497 e. The summed E-state index contributed by atoms with van der Waals surface area (Å²) in [5.74, 6) is 0.831. The number of aliphatic hydroxyl groups excluding tert-OH is 1. The van der Waals surface area contributed by atoms with Crippen LogP contribution in [0.1, 0.15) is 58.9 Å². The molecule has 0 fully saturated rings. The highest BCUT2D eigenvalue weighted by Gasteiger charge is 2.39. The summed E-state index contributed by atoms with van der Waals surface area (Å²) in [5.41, 5.74) is 2.23. The van der Waals surface area contributed by atoms with Crippen molar-refractivity contribution in [1.82, 2.24) is 0 Å². The topological polar surface area (TPSA) is 57.2 Å². The highest BCUT2D eigenvalue weighted by atomic mass is 28.4. The second kappa shape index (κ2) is 11.6. The number of hydrogen-bond acceptors (Lipinski definition) is 5. The Hall–Kier alpha value is -1.18. The summed E-state index contributed by atoms with van der Waals surface area (Å²) < 4.78 is 23.4. The maximum atomic E-state index is 10.1. The SMILES string of the molecule is CC[C@H](CCC1=C[C@@H](O)C[C@@H]1OCOCc1ccc(OC)cc1)O[Si](C)(C)C(C)(C)C. The molecular weight excluding hydrogens is 408 g/mol. The lowest BCUT2D eigenvalue weighted by Gasteiger charge is -2.39. The van der Waals surface area contributed by atoms with Crippen LogP contribution in [-0.4, -0.2) is 45.6 Å². The second-order valence-corrected chi connectivity index (χ2v) is 14.7. The average molecular weight is 451 g/mol. The molecule has 0 unspecified atom stereocenters. The van der Waals surface area contributed by atoms with Gasteiger partial charge in [-0.2, -0.15) is 0 Å². The number of ether oxygens (including phenoxy) is 3. The number of methoxy groups -OCH3 is 1. The fourth-order valence-electron chi connectivity index (χ4n) is 3.49. The Morgan fingerprint density at radius 3 is 2.42 bits per heavy atom. The molecule has 0 bridgehead atoms. The minimum Gasteiger partial charge on any atom is -0.497 e. The van der Waals surface area contributed by atoms with Gasteiger partial charge in [-0.05, 0) is 60.7 Å². The van der Waals surface area contributed by atoms with E-state index in [9.17, 15) is 5.11 Å². The van der Waals surface area contributed by atoms with Crippen LogP contribution in [0, 0.1) is 0 Å². The summed E-state index contributed by atoms with van der Waals surface area (Å²) in [7, 11) is -0.133. The van der Waals surface area contributed by atoms with Gasteiger partial charge in [0, 0.05) is 12.5 Å². The lowest BCUT2D eigenvalue weighted by atomic mass is 10.0. The van der Waals surface area contributed by atoms with Crippen molar-refractivity contribution in [3.63, 3.8) is 0 Å². The van der Waals surface area contributed by atoms with Crippen LogP contribution in [0.4, 0.5) is 0 Å². The molecule has 0 aliphatic heterocycles. The summed E-state index contributed by atoms with van der Waals surface area (Å²) in [6, 6.07) is 7.81. The van der Waals surface area contributed by atoms with Crippen molar-refractivity contribution in [3.05, 3.63) is 41.5 Å². The molecule has 0 saturated carbocycles. The summed E-state index contributed by atoms with van der Waals surface area (Å²) in [5, 5.41) is 10.3. The van der Waals surface area contributed by atoms with Gasteiger partial charge in [-0.3, -0.25) is 0 Å². The third-order valence-corrected chi connectivity index (χ3v) is 11.1. The average Bonchev–Trinajstić information content (AvgIpc) is 3.07. The van der Waals surface area contributed by atoms with Gasteiger partial charge >= 0.3 is 0 Å². The van der Waals surface area contributed by atoms with E-state index in [1.807, 2.05) is 30.3 Å². The zero-order chi connectivity index (χ0) is 23.1. The van der Waals surface area contributed by atoms with Crippen molar-refractivity contribution in [1.29, 1.82) is 0 Å². The molecule has 1 aliphatic rings. The van der Waals surface area contributed by atoms with Crippen LogP contribution < -0.4 is 4.74 Å². The number of hydrogen-bond donors (Lipinski definition) is 1. The van der Waals surface area contributed by atoms with E-state index in [4.69, 9.17) is 18.6 Å². The predicted octanol–water partition coefficient (Wildman–Crippen LogP) is 5.83. The van der Waals surface area contributed by atoms with E-state index in [0.717, 1.165) is 36.1 Å². The Morgan fingerprint density at radius 2 is 1.84 bits per heavy atom. The highest BCUT2D eigenvalue weighted by molar-refractivity contribution is 6.74. The van der Waals surface area contributed by atoms with Crippen LogP contribution >= 0.6 is 0 Å². The van der Waals surface area contributed by atoms with Crippen LogP contribution in [0.3, 0.4) is 0 Å². The van der Waals surface area contributed by atoms with Gasteiger partial charge in [-0.1, -0.05) is 45.9 Å². The first-order valence-electron chi connectivity index (χ1n) is 11.4. The fourth-order valence-corrected chi connectivity index (χ4v) is 4.96. The molecular formula is C25H42O5Si. The van der Waals surface area contributed by atoms with Gasteiger partial charge in [0.25, 0.3) is 0 Å². The van der Waals surface area contributed by atoms with Crippen molar-refractivity contribution < 1.29 is 23.7 Å². The number of aliphatic hydroxyl groups is 1. The van der Waals surface area contributed by atoms with Gasteiger partial charge in [0.1, 0.15) is 12.5 Å². The van der Waals surface area contributed by atoms with Gasteiger partial charge in [0.2, 0.25) is 0 Å². The van der Waals surface area contributed by atoms with Gasteiger partial charge in [0.15, 0.2) is 8.32 Å². The zero-order valence-electron chi connectivity index (χ0n) is 20.4. The lowest BCUT2D eigenvalue weighted by molar-refractivity contribution is -0.0892. The Kier molecular flexibility index (Phi) is 9.77. The standard InChI is InChI=1S/C25H42O5Si/c1-8-22(30-31(6,7)25(2,3)4)14-11-20-15-21(26)16-24(20)29-18-28-17-19-9-12-23(27-5)13-10-19/h9-10,12-13,15,21-22,24,26H,8,11,14,16-18H2,1-7H3/t21-,22-,24+/m1/s1. The molecule has 1 aliphatic carbocycles. The summed E-state index contributed by atoms with van der Waals surface area (Å²) in [6.45, 7) is 14.3. The minimum absolute atomic E-state index is 0.0868. The van der Waals surface area contributed by atoms with E-state index in [0.29, 0.717) is 13.0 Å². The van der Waals surface area contributed by atoms with E-state index in [-0.39, 0.29) is 24.0 Å². The Morgan fingerprint density at radius 1 is 1.16 bits per heavy atom. The predicted molar refractivity (Wildman–Crippen MR) is 128 cm³/mol. The molecule has 0 aromatic heterocycles. The Bertz CT molecular complexity index is 693. The molecule has 2 rings (SSSR count). The molecule has 3 atom stereocenters. The fraction of sp³-hybridized carbons (Fsp3) is 0.680. The van der Waals surface area contributed by atoms with Crippen LogP contribution in [0.2, 0.25) is 18.1 Å². The van der Waals surface area contributed by atoms with E-state index in [2.05, 4.69) is 40.8 Å². The lowest BCUT2D eigenvalue weighted by Crippen LogP contribution is -2.43. The van der Waals surface area contributed by atoms with Crippen LogP contribution in [0.5, 0.6) is 5.75 Å². The maximum absolute atomic E-state index is 10.1. The van der Waals surface area contributed by atoms with Crippen molar-refractivity contribution in [2.24, 2.45) is 0 Å². The van der Waals surface area contributed by atoms with Crippen LogP contribution in [0.15, 0.2) is 35.9 Å². The molecule has 1 N–H and O–H groups in total. The first-order valence-corrected chi connectivity index (χ1v) is 14.3. The first kappa shape index (κ1) is 26.1. The second-order valence-electron chi connectivity index (χ2n) is 9.96. The molecule has 6 heteroatoms. The van der Waals surface area contributed by atoms with Crippen molar-refractivity contribution in [2.75, 3.05) is 13.9 Å². The van der Waals surface area contributed by atoms with Crippen LogP contribution in [-0.2, 0) is 20.5 Å². The van der Waals surface area contributed by atoms with Crippen LogP contribution in [0.25, 0.3) is 0 Å². The van der Waals surface area contributed by atoms with Gasteiger partial charge < -0.3 is 23.7 Å². The third kappa shape index (κ3) is 8.03. The monoisotopic (exact) mass is 450 g/mol. The van der Waals surface area contributed by atoms with E-state index < -0.39 is 14.4 Å². The number of rotatable bonds is 12. The first-order chi connectivity index (χ1) is 14.6. The highest BCUT2D eigenvalue weighted by Crippen LogP contribution is 2.38. The Labute approximate surface area is 189 Å². The summed E-state index contributed by atoms with van der Waals surface area (Å²) in [6.07, 6.45) is 5.10. The normalized spacial score (nSPS) is 20.6. The molecule has 0 radical (unpaired) electrons. The van der Waals surface area contributed by atoms with E-state index >= 15 is 0 Å². The summed E-state index contributed by atoms with van der Waals surface area (Å²) >= 11 is 0. The Balaban J connectivity index is 1.80. The quantitative estimate of drug-likeness (QED) is 0.188. The molecule has 1 aromatic rings.